The van der Waals surface area contributed by atoms with Gasteiger partial charge in [0.2, 0.25) is 5.91 Å². The van der Waals surface area contributed by atoms with Crippen LogP contribution in [0.3, 0.4) is 0 Å². The average molecular weight is 434 g/mol. The Labute approximate surface area is 191 Å². The quantitative estimate of drug-likeness (QED) is 0.282. The zero-order chi connectivity index (χ0) is 22.8. The van der Waals surface area contributed by atoms with Crippen molar-refractivity contribution in [3.8, 4) is 5.75 Å². The number of imidazole rings is 1. The number of para-hydroxylation sites is 2. The highest BCUT2D eigenvalue weighted by Gasteiger charge is 2.10. The summed E-state index contributed by atoms with van der Waals surface area (Å²) in [6.07, 6.45) is 6.08. The van der Waals surface area contributed by atoms with E-state index in [-0.39, 0.29) is 5.91 Å². The SMILES string of the molecule is C=C(C)C(=O)NCCCCCc1nc2ccccc2n1CCCCOc1ccc(C)cc1. The summed E-state index contributed by atoms with van der Waals surface area (Å²) in [5, 5.41) is 2.90. The van der Waals surface area contributed by atoms with E-state index in [9.17, 15) is 4.79 Å². The van der Waals surface area contributed by atoms with Gasteiger partial charge in [-0.2, -0.15) is 0 Å². The molecule has 3 rings (SSSR count). The van der Waals surface area contributed by atoms with Gasteiger partial charge >= 0.3 is 0 Å². The molecule has 0 spiro atoms. The maximum Gasteiger partial charge on any atom is 0.246 e. The molecule has 32 heavy (non-hydrogen) atoms. The van der Waals surface area contributed by atoms with Crippen molar-refractivity contribution in [2.45, 2.75) is 58.9 Å². The number of hydrogen-bond acceptors (Lipinski definition) is 3. The molecule has 0 aliphatic heterocycles. The number of hydrogen-bond donors (Lipinski definition) is 1. The fourth-order valence-corrected chi connectivity index (χ4v) is 3.70. The fourth-order valence-electron chi connectivity index (χ4n) is 3.70. The van der Waals surface area contributed by atoms with E-state index >= 15 is 0 Å². The van der Waals surface area contributed by atoms with Crippen molar-refractivity contribution in [1.29, 1.82) is 0 Å². The molecule has 1 heterocycles. The summed E-state index contributed by atoms with van der Waals surface area (Å²) < 4.78 is 8.24. The van der Waals surface area contributed by atoms with Gasteiger partial charge in [-0.25, -0.2) is 4.98 Å². The molecular formula is C27H35N3O2. The van der Waals surface area contributed by atoms with Crippen molar-refractivity contribution in [2.24, 2.45) is 0 Å². The Balaban J connectivity index is 1.46. The van der Waals surface area contributed by atoms with E-state index in [1.165, 1.54) is 11.1 Å². The van der Waals surface area contributed by atoms with Gasteiger partial charge in [-0.1, -0.05) is 42.8 Å². The second-order valence-corrected chi connectivity index (χ2v) is 8.38. The Morgan fingerprint density at radius 1 is 1.03 bits per heavy atom. The van der Waals surface area contributed by atoms with Gasteiger partial charge in [-0.05, 0) is 63.8 Å². The molecule has 0 unspecified atom stereocenters. The number of nitrogens with zero attached hydrogens (tertiary/aromatic N) is 2. The van der Waals surface area contributed by atoms with E-state index in [1.807, 2.05) is 18.2 Å². The third kappa shape index (κ3) is 6.98. The van der Waals surface area contributed by atoms with Gasteiger partial charge in [-0.3, -0.25) is 4.79 Å². The number of carbonyl (C=O) groups is 1. The number of rotatable bonds is 13. The molecule has 1 N–H and O–H groups in total. The average Bonchev–Trinajstić information content (AvgIpc) is 3.14. The van der Waals surface area contributed by atoms with Gasteiger partial charge in [0, 0.05) is 25.1 Å². The molecule has 5 nitrogen and oxygen atoms in total. The van der Waals surface area contributed by atoms with E-state index in [2.05, 4.69) is 53.7 Å². The lowest BCUT2D eigenvalue weighted by atomic mass is 10.2. The lowest BCUT2D eigenvalue weighted by Gasteiger charge is -2.10. The lowest BCUT2D eigenvalue weighted by molar-refractivity contribution is -0.117. The fraction of sp³-hybridized carbons (Fsp3) is 0.407. The molecule has 170 valence electrons. The Morgan fingerprint density at radius 2 is 1.81 bits per heavy atom. The van der Waals surface area contributed by atoms with Gasteiger partial charge in [0.05, 0.1) is 17.6 Å². The number of benzene rings is 2. The van der Waals surface area contributed by atoms with E-state index < -0.39 is 0 Å². The third-order valence-corrected chi connectivity index (χ3v) is 5.55. The number of amides is 1. The Morgan fingerprint density at radius 3 is 2.59 bits per heavy atom. The van der Waals surface area contributed by atoms with Crippen LogP contribution in [0, 0.1) is 6.92 Å². The lowest BCUT2D eigenvalue weighted by Crippen LogP contribution is -2.24. The van der Waals surface area contributed by atoms with Gasteiger partial charge in [-0.15, -0.1) is 0 Å². The first-order valence-corrected chi connectivity index (χ1v) is 11.6. The van der Waals surface area contributed by atoms with Crippen molar-refractivity contribution < 1.29 is 9.53 Å². The van der Waals surface area contributed by atoms with Crippen LogP contribution in [0.5, 0.6) is 5.75 Å². The molecular weight excluding hydrogens is 398 g/mol. The summed E-state index contributed by atoms with van der Waals surface area (Å²) >= 11 is 0. The summed E-state index contributed by atoms with van der Waals surface area (Å²) in [7, 11) is 0. The normalized spacial score (nSPS) is 10.9. The van der Waals surface area contributed by atoms with Gasteiger partial charge in [0.15, 0.2) is 0 Å². The van der Waals surface area contributed by atoms with E-state index in [0.29, 0.717) is 12.1 Å². The Bertz CT molecular complexity index is 1020. The molecule has 0 bridgehead atoms. The number of unbranched alkanes of at least 4 members (excludes halogenated alkanes) is 3. The predicted molar refractivity (Wildman–Crippen MR) is 131 cm³/mol. The van der Waals surface area contributed by atoms with Crippen molar-refractivity contribution in [3.63, 3.8) is 0 Å². The highest BCUT2D eigenvalue weighted by atomic mass is 16.5. The minimum atomic E-state index is -0.0573. The molecule has 5 heteroatoms. The molecule has 0 radical (unpaired) electrons. The second kappa shape index (κ2) is 12.1. The van der Waals surface area contributed by atoms with E-state index in [0.717, 1.165) is 68.8 Å². The number of fused-ring (bicyclic) bond motifs is 1. The van der Waals surface area contributed by atoms with E-state index in [1.54, 1.807) is 6.92 Å². The van der Waals surface area contributed by atoms with Crippen molar-refractivity contribution in [2.75, 3.05) is 13.2 Å². The van der Waals surface area contributed by atoms with Crippen LogP contribution in [0.25, 0.3) is 11.0 Å². The standard InChI is InChI=1S/C27H35N3O2/c1-21(2)27(31)28-18-8-4-5-13-26-29-24-11-6-7-12-25(24)30(26)19-9-10-20-32-23-16-14-22(3)15-17-23/h6-7,11-12,14-17H,1,4-5,8-10,13,18-20H2,2-3H3,(H,28,31). The van der Waals surface area contributed by atoms with Crippen LogP contribution >= 0.6 is 0 Å². The van der Waals surface area contributed by atoms with Crippen LogP contribution in [0.4, 0.5) is 0 Å². The number of aromatic nitrogens is 2. The number of carbonyl (C=O) groups excluding carboxylic acids is 1. The van der Waals surface area contributed by atoms with Gasteiger partial charge in [0.25, 0.3) is 0 Å². The van der Waals surface area contributed by atoms with Crippen LogP contribution in [-0.2, 0) is 17.8 Å². The Kier molecular flexibility index (Phi) is 8.90. The molecule has 0 saturated carbocycles. The summed E-state index contributed by atoms with van der Waals surface area (Å²) in [6, 6.07) is 16.6. The molecule has 0 aliphatic rings. The summed E-state index contributed by atoms with van der Waals surface area (Å²) in [4.78, 5) is 16.4. The van der Waals surface area contributed by atoms with Crippen LogP contribution < -0.4 is 10.1 Å². The van der Waals surface area contributed by atoms with E-state index in [4.69, 9.17) is 9.72 Å². The largest absolute Gasteiger partial charge is 0.494 e. The van der Waals surface area contributed by atoms with Crippen LogP contribution in [0.2, 0.25) is 0 Å². The number of ether oxygens (including phenoxy) is 1. The van der Waals surface area contributed by atoms with Crippen molar-refractivity contribution in [1.82, 2.24) is 14.9 Å². The first-order valence-electron chi connectivity index (χ1n) is 11.6. The minimum absolute atomic E-state index is 0.0573. The molecule has 0 atom stereocenters. The monoisotopic (exact) mass is 433 g/mol. The zero-order valence-electron chi connectivity index (χ0n) is 19.4. The highest BCUT2D eigenvalue weighted by molar-refractivity contribution is 5.92. The second-order valence-electron chi connectivity index (χ2n) is 8.38. The van der Waals surface area contributed by atoms with Gasteiger partial charge in [0.1, 0.15) is 11.6 Å². The first-order chi connectivity index (χ1) is 15.5. The number of aryl methyl sites for hydroxylation is 3. The van der Waals surface area contributed by atoms with Gasteiger partial charge < -0.3 is 14.6 Å². The summed E-state index contributed by atoms with van der Waals surface area (Å²) in [5.74, 6) is 2.03. The molecule has 3 aromatic rings. The maximum atomic E-state index is 11.5. The maximum absolute atomic E-state index is 11.5. The third-order valence-electron chi connectivity index (χ3n) is 5.55. The molecule has 0 fully saturated rings. The smallest absolute Gasteiger partial charge is 0.246 e. The minimum Gasteiger partial charge on any atom is -0.494 e. The van der Waals surface area contributed by atoms with Crippen molar-refractivity contribution >= 4 is 16.9 Å². The van der Waals surface area contributed by atoms with Crippen LogP contribution in [0.15, 0.2) is 60.7 Å². The topological polar surface area (TPSA) is 56.2 Å². The molecule has 1 aromatic heterocycles. The summed E-state index contributed by atoms with van der Waals surface area (Å²) in [5.41, 5.74) is 4.07. The first kappa shape index (κ1) is 23.6. The zero-order valence-corrected chi connectivity index (χ0v) is 19.4. The van der Waals surface area contributed by atoms with Crippen molar-refractivity contribution in [3.05, 3.63) is 72.1 Å². The highest BCUT2D eigenvalue weighted by Crippen LogP contribution is 2.19. The number of nitrogens with one attached hydrogen (secondary N) is 1. The predicted octanol–water partition coefficient (Wildman–Crippen LogP) is 5.61. The molecule has 0 aliphatic carbocycles. The Hall–Kier alpha value is -3.08. The molecule has 2 aromatic carbocycles. The molecule has 1 amide bonds. The summed E-state index contributed by atoms with van der Waals surface area (Å²) in [6.45, 7) is 9.84. The van der Waals surface area contributed by atoms with Crippen LogP contribution in [0.1, 0.15) is 50.4 Å². The molecule has 0 saturated heterocycles. The van der Waals surface area contributed by atoms with Crippen LogP contribution in [-0.4, -0.2) is 28.6 Å².